The maximum Gasteiger partial charge on any atom is 0.349 e. The monoisotopic (exact) mass is 443 g/mol. The molecular formula is C21H18BrNO5. The minimum Gasteiger partial charge on any atom is -0.482 e. The maximum absolute atomic E-state index is 12.1. The van der Waals surface area contributed by atoms with Gasteiger partial charge in [0.05, 0.1) is 7.11 Å². The van der Waals surface area contributed by atoms with Crippen LogP contribution in [-0.4, -0.2) is 25.7 Å². The largest absolute Gasteiger partial charge is 0.482 e. The van der Waals surface area contributed by atoms with E-state index in [1.165, 1.54) is 19.3 Å². The van der Waals surface area contributed by atoms with Crippen molar-refractivity contribution in [2.45, 2.75) is 13.3 Å². The van der Waals surface area contributed by atoms with Gasteiger partial charge in [-0.3, -0.25) is 0 Å². The molecule has 0 aromatic heterocycles. The number of methoxy groups -OCH3 is 1. The van der Waals surface area contributed by atoms with Gasteiger partial charge in [-0.2, -0.15) is 5.26 Å². The van der Waals surface area contributed by atoms with E-state index in [1.54, 1.807) is 30.3 Å². The second-order valence-electron chi connectivity index (χ2n) is 5.60. The quantitative estimate of drug-likeness (QED) is 0.277. The summed E-state index contributed by atoms with van der Waals surface area (Å²) < 4.78 is 16.3. The predicted molar refractivity (Wildman–Crippen MR) is 107 cm³/mol. The summed E-state index contributed by atoms with van der Waals surface area (Å²) in [4.78, 5) is 23.6. The second kappa shape index (κ2) is 10.3. The van der Waals surface area contributed by atoms with Crippen molar-refractivity contribution in [2.24, 2.45) is 0 Å². The zero-order valence-corrected chi connectivity index (χ0v) is 17.0. The van der Waals surface area contributed by atoms with Gasteiger partial charge in [-0.05, 0) is 54.0 Å². The third-order valence-corrected chi connectivity index (χ3v) is 4.17. The van der Waals surface area contributed by atoms with Crippen LogP contribution in [0.25, 0.3) is 6.08 Å². The van der Waals surface area contributed by atoms with Crippen LogP contribution in [-0.2, 0) is 20.7 Å². The molecule has 2 aromatic rings. The van der Waals surface area contributed by atoms with Crippen LogP contribution in [0.3, 0.4) is 0 Å². The smallest absolute Gasteiger partial charge is 0.349 e. The highest BCUT2D eigenvalue weighted by Gasteiger charge is 2.11. The molecule has 7 heteroatoms. The number of nitrogens with zero attached hydrogens (tertiary/aromatic N) is 1. The molecule has 0 saturated carbocycles. The van der Waals surface area contributed by atoms with E-state index in [4.69, 9.17) is 14.7 Å². The highest BCUT2D eigenvalue weighted by atomic mass is 79.9. The van der Waals surface area contributed by atoms with Crippen LogP contribution in [0, 0.1) is 11.3 Å². The van der Waals surface area contributed by atoms with Gasteiger partial charge >= 0.3 is 11.9 Å². The van der Waals surface area contributed by atoms with Gasteiger partial charge in [0, 0.05) is 4.47 Å². The molecule has 0 spiro atoms. The fraction of sp³-hybridized carbons (Fsp3) is 0.190. The number of hydrogen-bond donors (Lipinski definition) is 0. The van der Waals surface area contributed by atoms with Gasteiger partial charge in [-0.25, -0.2) is 9.59 Å². The van der Waals surface area contributed by atoms with E-state index >= 15 is 0 Å². The van der Waals surface area contributed by atoms with Crippen LogP contribution in [0.2, 0.25) is 0 Å². The maximum atomic E-state index is 12.1. The third-order valence-electron chi connectivity index (χ3n) is 3.68. The Morgan fingerprint density at radius 3 is 2.68 bits per heavy atom. The molecule has 2 rings (SSSR count). The van der Waals surface area contributed by atoms with E-state index in [0.717, 1.165) is 16.5 Å². The number of halogens is 1. The molecular weight excluding hydrogens is 426 g/mol. The Hall–Kier alpha value is -3.11. The summed E-state index contributed by atoms with van der Waals surface area (Å²) in [7, 11) is 1.20. The van der Waals surface area contributed by atoms with Crippen molar-refractivity contribution >= 4 is 33.9 Å². The first-order chi connectivity index (χ1) is 13.5. The van der Waals surface area contributed by atoms with Crippen molar-refractivity contribution < 1.29 is 23.8 Å². The highest BCUT2D eigenvalue weighted by Crippen LogP contribution is 2.24. The van der Waals surface area contributed by atoms with E-state index in [9.17, 15) is 9.59 Å². The van der Waals surface area contributed by atoms with Gasteiger partial charge < -0.3 is 14.2 Å². The molecule has 0 fully saturated rings. The van der Waals surface area contributed by atoms with Crippen LogP contribution in [0.15, 0.2) is 52.5 Å². The molecule has 0 heterocycles. The molecule has 0 amide bonds. The number of benzene rings is 2. The van der Waals surface area contributed by atoms with Crippen molar-refractivity contribution in [3.63, 3.8) is 0 Å². The highest BCUT2D eigenvalue weighted by molar-refractivity contribution is 9.10. The van der Waals surface area contributed by atoms with Gasteiger partial charge in [-0.1, -0.05) is 35.0 Å². The van der Waals surface area contributed by atoms with Crippen molar-refractivity contribution in [1.29, 1.82) is 5.26 Å². The molecule has 0 bridgehead atoms. The standard InChI is InChI=1S/C21H18BrNO5/c1-3-15-11-17(22)7-8-19(15)27-13-20(24)28-18-6-4-5-14(10-18)9-16(12-23)21(25)26-2/h4-11H,3,13H2,1-2H3/b16-9+. The molecule has 0 saturated heterocycles. The molecule has 0 aliphatic carbocycles. The van der Waals surface area contributed by atoms with Crippen molar-refractivity contribution in [3.05, 3.63) is 63.6 Å². The molecule has 28 heavy (non-hydrogen) atoms. The zero-order chi connectivity index (χ0) is 20.5. The third kappa shape index (κ3) is 5.96. The number of esters is 2. The van der Waals surface area contributed by atoms with E-state index in [-0.39, 0.29) is 17.9 Å². The lowest BCUT2D eigenvalue weighted by Crippen LogP contribution is -2.18. The van der Waals surface area contributed by atoms with E-state index in [0.29, 0.717) is 11.3 Å². The SMILES string of the molecule is CCc1cc(Br)ccc1OCC(=O)Oc1cccc(/C=C(\C#N)C(=O)OC)c1. The van der Waals surface area contributed by atoms with Crippen molar-refractivity contribution in [2.75, 3.05) is 13.7 Å². The lowest BCUT2D eigenvalue weighted by atomic mass is 10.1. The van der Waals surface area contributed by atoms with E-state index in [1.807, 2.05) is 19.1 Å². The fourth-order valence-electron chi connectivity index (χ4n) is 2.34. The number of carbonyl (C=O) groups is 2. The first-order valence-corrected chi connectivity index (χ1v) is 9.18. The number of nitriles is 1. The molecule has 0 unspecified atom stereocenters. The summed E-state index contributed by atoms with van der Waals surface area (Å²) in [5.41, 5.74) is 1.34. The Labute approximate surface area is 171 Å². The van der Waals surface area contributed by atoms with E-state index < -0.39 is 11.9 Å². The summed E-state index contributed by atoms with van der Waals surface area (Å²) in [6.45, 7) is 1.75. The Morgan fingerprint density at radius 2 is 2.00 bits per heavy atom. The number of hydrogen-bond acceptors (Lipinski definition) is 6. The summed E-state index contributed by atoms with van der Waals surface area (Å²) >= 11 is 3.40. The van der Waals surface area contributed by atoms with Gasteiger partial charge in [0.15, 0.2) is 6.61 Å². The Balaban J connectivity index is 2.04. The summed E-state index contributed by atoms with van der Waals surface area (Å²) in [5.74, 6) is -0.411. The first-order valence-electron chi connectivity index (χ1n) is 8.39. The lowest BCUT2D eigenvalue weighted by molar-refractivity contribution is -0.137. The second-order valence-corrected chi connectivity index (χ2v) is 6.52. The van der Waals surface area contributed by atoms with E-state index in [2.05, 4.69) is 20.7 Å². The van der Waals surface area contributed by atoms with Crippen molar-refractivity contribution in [3.8, 4) is 17.6 Å². The van der Waals surface area contributed by atoms with Crippen molar-refractivity contribution in [1.82, 2.24) is 0 Å². The Morgan fingerprint density at radius 1 is 1.21 bits per heavy atom. The zero-order valence-electron chi connectivity index (χ0n) is 15.4. The van der Waals surface area contributed by atoms with Crippen LogP contribution in [0.5, 0.6) is 11.5 Å². The summed E-state index contributed by atoms with van der Waals surface area (Å²) in [5, 5.41) is 9.02. The molecule has 0 aliphatic rings. The minimum atomic E-state index is -0.737. The molecule has 144 valence electrons. The molecule has 6 nitrogen and oxygen atoms in total. The predicted octanol–water partition coefficient (Wildman–Crippen LogP) is 4.08. The summed E-state index contributed by atoms with van der Waals surface area (Å²) in [6.07, 6.45) is 2.12. The topological polar surface area (TPSA) is 85.6 Å². The number of ether oxygens (including phenoxy) is 3. The Bertz CT molecular complexity index is 946. The van der Waals surface area contributed by atoms with Gasteiger partial charge in [0.2, 0.25) is 0 Å². The van der Waals surface area contributed by atoms with Crippen LogP contribution >= 0.6 is 15.9 Å². The average Bonchev–Trinajstić information content (AvgIpc) is 2.70. The van der Waals surface area contributed by atoms with Gasteiger partial charge in [-0.15, -0.1) is 0 Å². The molecule has 0 N–H and O–H groups in total. The molecule has 0 atom stereocenters. The van der Waals surface area contributed by atoms with Gasteiger partial charge in [0.25, 0.3) is 0 Å². The number of aryl methyl sites for hydroxylation is 1. The number of rotatable bonds is 7. The average molecular weight is 444 g/mol. The number of carbonyl (C=O) groups excluding carboxylic acids is 2. The minimum absolute atomic E-state index is 0.156. The lowest BCUT2D eigenvalue weighted by Gasteiger charge is -2.11. The fourth-order valence-corrected chi connectivity index (χ4v) is 2.75. The normalized spacial score (nSPS) is 10.7. The van der Waals surface area contributed by atoms with Gasteiger partial charge in [0.1, 0.15) is 23.1 Å². The van der Waals surface area contributed by atoms with Crippen LogP contribution in [0.1, 0.15) is 18.1 Å². The Kier molecular flexibility index (Phi) is 7.78. The van der Waals surface area contributed by atoms with Crippen LogP contribution < -0.4 is 9.47 Å². The summed E-state index contributed by atoms with van der Waals surface area (Å²) in [6, 6.07) is 13.8. The molecule has 0 aliphatic heterocycles. The van der Waals surface area contributed by atoms with Crippen LogP contribution in [0.4, 0.5) is 0 Å². The first kappa shape index (κ1) is 21.2. The molecule has 0 radical (unpaired) electrons. The molecule has 2 aromatic carbocycles.